The van der Waals surface area contributed by atoms with E-state index in [-0.39, 0.29) is 5.69 Å². The van der Waals surface area contributed by atoms with Crippen molar-refractivity contribution in [2.45, 2.75) is 6.54 Å². The fourth-order valence-corrected chi connectivity index (χ4v) is 4.00. The number of nitrogens with one attached hydrogen (secondary N) is 1. The molecule has 0 aliphatic carbocycles. The second-order valence-electron chi connectivity index (χ2n) is 6.19. The Bertz CT molecular complexity index is 1220. The largest absolute Gasteiger partial charge is 0.305 e. The fourth-order valence-electron chi connectivity index (χ4n) is 2.94. The fraction of sp³-hybridized carbons (Fsp3) is 0.0500. The zero-order chi connectivity index (χ0) is 20.5. The van der Waals surface area contributed by atoms with Crippen molar-refractivity contribution in [3.63, 3.8) is 0 Å². The molecule has 2 aromatic carbocycles. The third-order valence-corrected chi connectivity index (χ3v) is 5.31. The maximum absolute atomic E-state index is 12.9. The number of anilines is 1. The van der Waals surface area contributed by atoms with Crippen molar-refractivity contribution < 1.29 is 4.79 Å². The van der Waals surface area contributed by atoms with Crippen molar-refractivity contribution in [3.8, 4) is 0 Å². The van der Waals surface area contributed by atoms with Crippen LogP contribution in [0.2, 0.25) is 20.1 Å². The van der Waals surface area contributed by atoms with Crippen LogP contribution >= 0.6 is 46.4 Å². The smallest absolute Gasteiger partial charge is 0.277 e. The number of amides is 1. The van der Waals surface area contributed by atoms with Crippen LogP contribution in [0.3, 0.4) is 0 Å². The highest BCUT2D eigenvalue weighted by atomic mass is 35.5. The van der Waals surface area contributed by atoms with Crippen LogP contribution in [0, 0.1) is 0 Å². The van der Waals surface area contributed by atoms with E-state index in [1.54, 1.807) is 59.4 Å². The van der Waals surface area contributed by atoms with Gasteiger partial charge in [0.2, 0.25) is 0 Å². The Morgan fingerprint density at radius 2 is 1.76 bits per heavy atom. The van der Waals surface area contributed by atoms with Gasteiger partial charge in [-0.3, -0.25) is 9.48 Å². The Labute approximate surface area is 186 Å². The van der Waals surface area contributed by atoms with E-state index in [1.165, 1.54) is 0 Å². The molecule has 9 heteroatoms. The first-order chi connectivity index (χ1) is 13.9. The minimum atomic E-state index is -0.423. The van der Waals surface area contributed by atoms with Gasteiger partial charge in [-0.15, -0.1) is 0 Å². The summed E-state index contributed by atoms with van der Waals surface area (Å²) in [4.78, 5) is 17.0. The van der Waals surface area contributed by atoms with Crippen molar-refractivity contribution in [1.82, 2.24) is 14.8 Å². The molecule has 1 N–H and O–H groups in total. The van der Waals surface area contributed by atoms with Gasteiger partial charge < -0.3 is 5.32 Å². The van der Waals surface area contributed by atoms with Gasteiger partial charge in [0.25, 0.3) is 5.91 Å². The van der Waals surface area contributed by atoms with E-state index in [1.807, 2.05) is 0 Å². The van der Waals surface area contributed by atoms with Gasteiger partial charge in [0.1, 0.15) is 5.82 Å². The Morgan fingerprint density at radius 3 is 2.48 bits per heavy atom. The molecular weight excluding hydrogens is 454 g/mol. The zero-order valence-electron chi connectivity index (χ0n) is 14.7. The number of benzene rings is 2. The van der Waals surface area contributed by atoms with E-state index in [0.29, 0.717) is 43.4 Å². The highest BCUT2D eigenvalue weighted by Gasteiger charge is 2.21. The summed E-state index contributed by atoms with van der Waals surface area (Å²) in [5.74, 6) is -0.0120. The van der Waals surface area contributed by atoms with Crippen molar-refractivity contribution in [3.05, 3.63) is 86.1 Å². The number of fused-ring (bicyclic) bond motifs is 1. The SMILES string of the molecule is O=C(Nc1ccccn1)c1nn(Cc2ccc(Cl)cc2Cl)c2c(Cl)cc(Cl)cc12. The molecule has 0 saturated carbocycles. The Morgan fingerprint density at radius 1 is 0.966 bits per heavy atom. The maximum atomic E-state index is 12.9. The number of pyridine rings is 1. The van der Waals surface area contributed by atoms with Crippen LogP contribution in [-0.4, -0.2) is 20.7 Å². The number of carbonyl (C=O) groups excluding carboxylic acids is 1. The number of aromatic nitrogens is 3. The monoisotopic (exact) mass is 464 g/mol. The normalized spacial score (nSPS) is 11.0. The predicted octanol–water partition coefficient (Wildman–Crippen LogP) is 6.35. The van der Waals surface area contributed by atoms with E-state index in [0.717, 1.165) is 5.56 Å². The van der Waals surface area contributed by atoms with E-state index >= 15 is 0 Å². The first-order valence-electron chi connectivity index (χ1n) is 8.44. The summed E-state index contributed by atoms with van der Waals surface area (Å²) in [6.07, 6.45) is 1.59. The molecule has 29 heavy (non-hydrogen) atoms. The third kappa shape index (κ3) is 4.19. The molecule has 4 aromatic rings. The average molecular weight is 466 g/mol. The average Bonchev–Trinajstić information content (AvgIpc) is 3.03. The van der Waals surface area contributed by atoms with Gasteiger partial charge in [0.15, 0.2) is 5.69 Å². The molecule has 0 aliphatic rings. The lowest BCUT2D eigenvalue weighted by Gasteiger charge is -2.07. The van der Waals surface area contributed by atoms with Crippen molar-refractivity contribution >= 4 is 69.0 Å². The van der Waals surface area contributed by atoms with E-state index in [4.69, 9.17) is 46.4 Å². The molecule has 0 saturated heterocycles. The molecule has 2 heterocycles. The van der Waals surface area contributed by atoms with Crippen LogP contribution < -0.4 is 5.32 Å². The molecule has 0 aliphatic heterocycles. The van der Waals surface area contributed by atoms with Crippen LogP contribution in [0.15, 0.2) is 54.7 Å². The minimum Gasteiger partial charge on any atom is -0.305 e. The number of hydrogen-bond acceptors (Lipinski definition) is 3. The first kappa shape index (κ1) is 20.0. The van der Waals surface area contributed by atoms with Gasteiger partial charge in [-0.2, -0.15) is 5.10 Å². The molecule has 146 valence electrons. The van der Waals surface area contributed by atoms with E-state index in [9.17, 15) is 4.79 Å². The molecule has 0 unspecified atom stereocenters. The molecule has 0 bridgehead atoms. The van der Waals surface area contributed by atoms with Crippen molar-refractivity contribution in [2.24, 2.45) is 0 Å². The molecule has 0 fully saturated rings. The Hall–Kier alpha value is -2.31. The van der Waals surface area contributed by atoms with Crippen LogP contribution in [0.25, 0.3) is 10.9 Å². The van der Waals surface area contributed by atoms with Gasteiger partial charge in [-0.1, -0.05) is 58.5 Å². The van der Waals surface area contributed by atoms with Gasteiger partial charge in [-0.25, -0.2) is 4.98 Å². The molecule has 5 nitrogen and oxygen atoms in total. The molecule has 1 amide bonds. The molecule has 0 spiro atoms. The second kappa shape index (κ2) is 8.20. The Kier molecular flexibility index (Phi) is 5.65. The molecular formula is C20H12Cl4N4O. The minimum absolute atomic E-state index is 0.181. The number of hydrogen-bond donors (Lipinski definition) is 1. The summed E-state index contributed by atoms with van der Waals surface area (Å²) < 4.78 is 1.62. The highest BCUT2D eigenvalue weighted by Crippen LogP contribution is 2.32. The van der Waals surface area contributed by atoms with Gasteiger partial charge in [-0.05, 0) is 42.0 Å². The van der Waals surface area contributed by atoms with E-state index in [2.05, 4.69) is 15.4 Å². The van der Waals surface area contributed by atoms with Crippen LogP contribution in [0.1, 0.15) is 16.1 Å². The summed E-state index contributed by atoms with van der Waals surface area (Å²) in [5, 5.41) is 9.55. The van der Waals surface area contributed by atoms with E-state index < -0.39 is 5.91 Å². The number of rotatable bonds is 4. The van der Waals surface area contributed by atoms with Crippen molar-refractivity contribution in [1.29, 1.82) is 0 Å². The van der Waals surface area contributed by atoms with Gasteiger partial charge >= 0.3 is 0 Å². The van der Waals surface area contributed by atoms with Crippen LogP contribution in [0.4, 0.5) is 5.82 Å². The van der Waals surface area contributed by atoms with Gasteiger partial charge in [0, 0.05) is 26.7 Å². The quantitative estimate of drug-likeness (QED) is 0.382. The predicted molar refractivity (Wildman–Crippen MR) is 118 cm³/mol. The number of nitrogens with zero attached hydrogens (tertiary/aromatic N) is 3. The molecule has 0 atom stereocenters. The summed E-state index contributed by atoms with van der Waals surface area (Å²) in [6.45, 7) is 0.296. The lowest BCUT2D eigenvalue weighted by molar-refractivity contribution is 0.102. The molecule has 2 aromatic heterocycles. The zero-order valence-corrected chi connectivity index (χ0v) is 17.7. The van der Waals surface area contributed by atoms with Crippen LogP contribution in [-0.2, 0) is 6.54 Å². The summed E-state index contributed by atoms with van der Waals surface area (Å²) in [5.41, 5.74) is 1.54. The second-order valence-corrected chi connectivity index (χ2v) is 7.88. The molecule has 0 radical (unpaired) electrons. The topological polar surface area (TPSA) is 59.8 Å². The van der Waals surface area contributed by atoms with Crippen molar-refractivity contribution in [2.75, 3.05) is 5.32 Å². The molecule has 4 rings (SSSR count). The van der Waals surface area contributed by atoms with Gasteiger partial charge in [0.05, 0.1) is 17.1 Å². The lowest BCUT2D eigenvalue weighted by Crippen LogP contribution is -2.14. The standard InChI is InChI=1S/C20H12Cl4N4O/c21-12-5-4-11(15(23)8-12)10-28-19-14(7-13(22)9-16(19)24)18(27-28)20(29)26-17-3-1-2-6-25-17/h1-9H,10H2,(H,25,26,29). The summed E-state index contributed by atoms with van der Waals surface area (Å²) >= 11 is 24.9. The third-order valence-electron chi connectivity index (χ3n) is 4.22. The van der Waals surface area contributed by atoms with Crippen LogP contribution in [0.5, 0.6) is 0 Å². The number of halogens is 4. The first-order valence-corrected chi connectivity index (χ1v) is 9.95. The summed E-state index contributed by atoms with van der Waals surface area (Å²) in [6, 6.07) is 13.7. The maximum Gasteiger partial charge on any atom is 0.277 e. The highest BCUT2D eigenvalue weighted by molar-refractivity contribution is 6.39. The number of carbonyl (C=O) groups is 1. The summed E-state index contributed by atoms with van der Waals surface area (Å²) in [7, 11) is 0. The lowest BCUT2D eigenvalue weighted by atomic mass is 10.2. The Balaban J connectivity index is 1.80.